The topological polar surface area (TPSA) is 77.8 Å². The molecule has 0 saturated heterocycles. The van der Waals surface area contributed by atoms with E-state index in [1.165, 1.54) is 6.39 Å². The number of rotatable bonds is 2. The molecule has 0 aliphatic heterocycles. The summed E-state index contributed by atoms with van der Waals surface area (Å²) in [6.45, 7) is 0. The first-order valence-electron chi connectivity index (χ1n) is 6.83. The fourth-order valence-electron chi connectivity index (χ4n) is 1.78. The molecule has 9 heteroatoms. The summed E-state index contributed by atoms with van der Waals surface area (Å²) < 4.78 is 10.8. The number of halogens is 3. The minimum atomic E-state index is 0.561. The minimum absolute atomic E-state index is 0.561. The molecular weight excluding hydrogens is 661 g/mol. The van der Waals surface area contributed by atoms with Crippen molar-refractivity contribution in [2.24, 2.45) is 0 Å². The second kappa shape index (κ2) is 11.5. The van der Waals surface area contributed by atoms with Crippen LogP contribution in [0.25, 0.3) is 22.9 Å². The maximum atomic E-state index is 5.23. The molecule has 0 bridgehead atoms. The molecule has 4 rings (SSSR count). The lowest BCUT2D eigenvalue weighted by molar-refractivity contribution is 0.537. The van der Waals surface area contributed by atoms with Crippen LogP contribution >= 0.6 is 59.8 Å². The Morgan fingerprint density at radius 3 is 1.68 bits per heavy atom. The summed E-state index contributed by atoms with van der Waals surface area (Å²) in [5, 5.41) is 15.0. The highest BCUT2D eigenvalue weighted by molar-refractivity contribution is 15.0. The van der Waals surface area contributed by atoms with Crippen LogP contribution in [-0.2, 0) is 0 Å². The fourth-order valence-corrected chi connectivity index (χ4v) is 2.10. The molecule has 128 valence electrons. The van der Waals surface area contributed by atoms with Crippen molar-refractivity contribution >= 4 is 59.8 Å². The molecule has 2 heterocycles. The van der Waals surface area contributed by atoms with Crippen LogP contribution in [0.3, 0.4) is 0 Å². The van der Waals surface area contributed by atoms with E-state index in [-0.39, 0.29) is 0 Å². The van der Waals surface area contributed by atoms with E-state index < -0.39 is 0 Å². The Bertz CT molecular complexity index is 840. The highest BCUT2D eigenvalue weighted by atomic mass is 128. The van der Waals surface area contributed by atoms with Gasteiger partial charge in [-0.05, 0) is 24.3 Å². The number of hydrogen-bond acceptors (Lipinski definition) is 6. The normalized spacial score (nSPS) is 9.40. The average Bonchev–Trinajstić information content (AvgIpc) is 3.37. The lowest BCUT2D eigenvalue weighted by Gasteiger charge is -1.90. The molecule has 0 N–H and O–H groups in total. The highest BCUT2D eigenvalue weighted by Gasteiger charge is 2.04. The number of benzene rings is 2. The van der Waals surface area contributed by atoms with Crippen LogP contribution in [0.5, 0.6) is 0 Å². The molecule has 25 heavy (non-hydrogen) atoms. The van der Waals surface area contributed by atoms with Crippen molar-refractivity contribution in [1.29, 1.82) is 0 Å². The van der Waals surface area contributed by atoms with Crippen molar-refractivity contribution in [3.8, 4) is 22.9 Å². The third-order valence-electron chi connectivity index (χ3n) is 2.80. The van der Waals surface area contributed by atoms with Gasteiger partial charge in [-0.1, -0.05) is 36.4 Å². The Labute approximate surface area is 181 Å². The molecule has 0 fully saturated rings. The summed E-state index contributed by atoms with van der Waals surface area (Å²) in [4.78, 5) is 0. The van der Waals surface area contributed by atoms with E-state index in [0.29, 0.717) is 15.7 Å². The first-order valence-corrected chi connectivity index (χ1v) is 14.2. The fraction of sp³-hybridized carbons (Fsp3) is 0. The molecule has 0 aliphatic carbocycles. The summed E-state index contributed by atoms with van der Waals surface area (Å²) in [6, 6.07) is 19.3. The van der Waals surface area contributed by atoms with Gasteiger partial charge in [-0.25, -0.2) is 0 Å². The monoisotopic (exact) mass is 672 g/mol. The smallest absolute Gasteiger partial charge is 0.278 e. The molecule has 0 atom stereocenters. The van der Waals surface area contributed by atoms with Gasteiger partial charge in [-0.15, -0.1) is 20.4 Å². The number of nitrogens with zero attached hydrogens (tertiary/aromatic N) is 4. The van der Waals surface area contributed by atoms with E-state index >= 15 is 0 Å². The number of aromatic nitrogens is 4. The zero-order valence-corrected chi connectivity index (χ0v) is 19.1. The predicted octanol–water partition coefficient (Wildman–Crippen LogP) is 5.85. The zero-order valence-electron chi connectivity index (χ0n) is 12.6. The van der Waals surface area contributed by atoms with E-state index in [2.05, 4.69) is 57.6 Å². The standard InChI is InChI=1S/C8H5IN2O.C8H6N2O.I2/c9-8-11-10-7(12-8)6-4-2-1-3-5-6;1-2-4-7(5-3-1)8-10-9-6-11-8;1-2/h1-5H;1-6H;. The molecule has 0 unspecified atom stereocenters. The third-order valence-corrected chi connectivity index (χ3v) is 3.24. The molecule has 6 nitrogen and oxygen atoms in total. The second-order valence-electron chi connectivity index (χ2n) is 4.34. The van der Waals surface area contributed by atoms with E-state index in [1.54, 1.807) is 0 Å². The molecule has 0 saturated carbocycles. The SMILES string of the molecule is II.Ic1nnc(-c2ccccc2)o1.c1ccc(-c2nnco2)cc1. The Hall–Kier alpha value is -1.09. The summed E-state index contributed by atoms with van der Waals surface area (Å²) in [5.41, 5.74) is 1.90. The van der Waals surface area contributed by atoms with E-state index in [4.69, 9.17) is 8.83 Å². The van der Waals surface area contributed by atoms with Crippen LogP contribution in [0, 0.1) is 3.90 Å². The molecule has 0 amide bonds. The molecule has 0 radical (unpaired) electrons. The Morgan fingerprint density at radius 2 is 1.24 bits per heavy atom. The van der Waals surface area contributed by atoms with Gasteiger partial charge in [-0.3, -0.25) is 0 Å². The maximum absolute atomic E-state index is 5.23. The van der Waals surface area contributed by atoms with Gasteiger partial charge in [-0.2, -0.15) is 0 Å². The average molecular weight is 672 g/mol. The van der Waals surface area contributed by atoms with Gasteiger partial charge in [0.2, 0.25) is 18.2 Å². The maximum Gasteiger partial charge on any atom is 0.278 e. The van der Waals surface area contributed by atoms with Crippen molar-refractivity contribution in [3.63, 3.8) is 0 Å². The quantitative estimate of drug-likeness (QED) is 0.249. The first kappa shape index (κ1) is 20.2. The van der Waals surface area contributed by atoms with Gasteiger partial charge in [0.25, 0.3) is 3.90 Å². The molecule has 0 aliphatic rings. The van der Waals surface area contributed by atoms with Crippen LogP contribution in [0.1, 0.15) is 0 Å². The summed E-state index contributed by atoms with van der Waals surface area (Å²) in [5.74, 6) is 1.13. The molecule has 2 aromatic heterocycles. The Balaban J connectivity index is 0.000000165. The van der Waals surface area contributed by atoms with Crippen LogP contribution in [-0.4, -0.2) is 20.4 Å². The van der Waals surface area contributed by atoms with Crippen molar-refractivity contribution in [2.75, 3.05) is 0 Å². The van der Waals surface area contributed by atoms with E-state index in [9.17, 15) is 0 Å². The zero-order chi connectivity index (χ0) is 17.9. The minimum Gasteiger partial charge on any atom is -0.423 e. The first-order chi connectivity index (χ1) is 12.3. The van der Waals surface area contributed by atoms with Crippen molar-refractivity contribution < 1.29 is 8.83 Å². The van der Waals surface area contributed by atoms with Crippen molar-refractivity contribution in [2.45, 2.75) is 0 Å². The Morgan fingerprint density at radius 1 is 0.680 bits per heavy atom. The predicted molar refractivity (Wildman–Crippen MR) is 120 cm³/mol. The van der Waals surface area contributed by atoms with Gasteiger partial charge in [0.1, 0.15) is 0 Å². The summed E-state index contributed by atoms with van der Waals surface area (Å²) >= 11 is 6.23. The van der Waals surface area contributed by atoms with Crippen LogP contribution in [0.15, 0.2) is 75.9 Å². The van der Waals surface area contributed by atoms with E-state index in [1.807, 2.05) is 83.3 Å². The molecule has 0 spiro atoms. The largest absolute Gasteiger partial charge is 0.423 e. The van der Waals surface area contributed by atoms with Gasteiger partial charge in [0, 0.05) is 70.9 Å². The molecule has 4 aromatic rings. The van der Waals surface area contributed by atoms with Gasteiger partial charge >= 0.3 is 0 Å². The van der Waals surface area contributed by atoms with Gasteiger partial charge in [0.15, 0.2) is 0 Å². The van der Waals surface area contributed by atoms with Crippen LogP contribution in [0.2, 0.25) is 0 Å². The molecule has 2 aromatic carbocycles. The lowest BCUT2D eigenvalue weighted by atomic mass is 10.2. The summed E-state index contributed by atoms with van der Waals surface area (Å²) in [7, 11) is 0. The summed E-state index contributed by atoms with van der Waals surface area (Å²) in [6.07, 6.45) is 1.32. The number of hydrogen-bond donors (Lipinski definition) is 0. The lowest BCUT2D eigenvalue weighted by Crippen LogP contribution is -1.75. The van der Waals surface area contributed by atoms with Crippen LogP contribution < -0.4 is 0 Å². The van der Waals surface area contributed by atoms with Crippen LogP contribution in [0.4, 0.5) is 0 Å². The Kier molecular flexibility index (Phi) is 9.31. The van der Waals surface area contributed by atoms with Crippen molar-refractivity contribution in [3.05, 3.63) is 71.0 Å². The second-order valence-corrected chi connectivity index (χ2v) is 5.26. The molecular formula is C16H11I3N4O2. The van der Waals surface area contributed by atoms with Gasteiger partial charge in [0.05, 0.1) is 0 Å². The highest BCUT2D eigenvalue weighted by Crippen LogP contribution is 2.17. The van der Waals surface area contributed by atoms with E-state index in [0.717, 1.165) is 11.1 Å². The van der Waals surface area contributed by atoms with Gasteiger partial charge < -0.3 is 8.83 Å². The van der Waals surface area contributed by atoms with Crippen molar-refractivity contribution in [1.82, 2.24) is 20.4 Å². The third kappa shape index (κ3) is 6.62.